The summed E-state index contributed by atoms with van der Waals surface area (Å²) < 4.78 is 6.67. The van der Waals surface area contributed by atoms with Gasteiger partial charge in [-0.15, -0.1) is 0 Å². The van der Waals surface area contributed by atoms with Crippen molar-refractivity contribution >= 4 is 17.0 Å². The summed E-state index contributed by atoms with van der Waals surface area (Å²) in [5.41, 5.74) is 0.0187. The number of carbonyl (C=O) groups excluding carboxylic acids is 1. The number of hydrogen-bond donors (Lipinski definition) is 1. The van der Waals surface area contributed by atoms with Crippen LogP contribution in [0, 0.1) is 11.3 Å². The van der Waals surface area contributed by atoms with Crippen LogP contribution >= 0.6 is 0 Å². The topological polar surface area (TPSA) is 110 Å². The van der Waals surface area contributed by atoms with Gasteiger partial charge in [-0.25, -0.2) is 9.78 Å². The van der Waals surface area contributed by atoms with Gasteiger partial charge in [0.25, 0.3) is 5.56 Å². The molecule has 1 amide bonds. The van der Waals surface area contributed by atoms with Crippen LogP contribution in [-0.2, 0) is 4.74 Å². The molecule has 3 rings (SSSR count). The Balaban J connectivity index is 2.19. The average Bonchev–Trinajstić information content (AvgIpc) is 2.66. The molecule has 0 aliphatic heterocycles. The van der Waals surface area contributed by atoms with Crippen molar-refractivity contribution in [3.8, 4) is 11.8 Å². The van der Waals surface area contributed by atoms with Crippen molar-refractivity contribution in [1.82, 2.24) is 19.9 Å². The summed E-state index contributed by atoms with van der Waals surface area (Å²) in [4.78, 5) is 34.2. The van der Waals surface area contributed by atoms with Crippen molar-refractivity contribution < 1.29 is 9.53 Å². The van der Waals surface area contributed by atoms with Crippen LogP contribution in [0.3, 0.4) is 0 Å². The standard InChI is InChI=1S/C21H21N5O3/c1-13(24-20(28)29-21(2,3)4)18-25-16-9-5-7-14(11-22)17(16)19(27)26(18)15-8-6-10-23-12-15/h5-10,12-13H,1-4H3,(H,24,28). The third kappa shape index (κ3) is 4.24. The van der Waals surface area contributed by atoms with Crippen LogP contribution in [0.25, 0.3) is 16.6 Å². The minimum absolute atomic E-state index is 0.215. The van der Waals surface area contributed by atoms with Gasteiger partial charge in [-0.2, -0.15) is 5.26 Å². The number of nitrogens with one attached hydrogen (secondary N) is 1. The van der Waals surface area contributed by atoms with E-state index < -0.39 is 23.3 Å². The van der Waals surface area contributed by atoms with E-state index in [0.717, 1.165) is 0 Å². The average molecular weight is 391 g/mol. The third-order valence-corrected chi connectivity index (χ3v) is 4.07. The predicted molar refractivity (Wildman–Crippen MR) is 108 cm³/mol. The molecular weight excluding hydrogens is 370 g/mol. The van der Waals surface area contributed by atoms with Gasteiger partial charge in [-0.05, 0) is 52.0 Å². The van der Waals surface area contributed by atoms with Crippen LogP contribution in [0.1, 0.15) is 45.1 Å². The molecule has 1 atom stereocenters. The zero-order valence-corrected chi connectivity index (χ0v) is 16.6. The van der Waals surface area contributed by atoms with E-state index in [9.17, 15) is 14.9 Å². The Bertz CT molecular complexity index is 1160. The maximum absolute atomic E-state index is 13.3. The second-order valence-corrected chi connectivity index (χ2v) is 7.50. The maximum atomic E-state index is 13.3. The molecule has 2 heterocycles. The van der Waals surface area contributed by atoms with Gasteiger partial charge in [-0.3, -0.25) is 14.3 Å². The van der Waals surface area contributed by atoms with E-state index in [0.29, 0.717) is 17.0 Å². The van der Waals surface area contributed by atoms with Crippen molar-refractivity contribution in [2.24, 2.45) is 0 Å². The molecular formula is C21H21N5O3. The van der Waals surface area contributed by atoms with E-state index in [1.54, 1.807) is 64.2 Å². The highest BCUT2D eigenvalue weighted by atomic mass is 16.6. The number of pyridine rings is 1. The molecule has 0 fully saturated rings. The first kappa shape index (κ1) is 20.0. The minimum atomic E-state index is -0.661. The van der Waals surface area contributed by atoms with Crippen LogP contribution < -0.4 is 10.9 Å². The Hall–Kier alpha value is -3.73. The summed E-state index contributed by atoms with van der Waals surface area (Å²) >= 11 is 0. The molecule has 0 radical (unpaired) electrons. The van der Waals surface area contributed by atoms with Crippen LogP contribution in [0.4, 0.5) is 4.79 Å². The van der Waals surface area contributed by atoms with Gasteiger partial charge in [0, 0.05) is 6.20 Å². The van der Waals surface area contributed by atoms with Crippen molar-refractivity contribution in [3.05, 3.63) is 64.5 Å². The first-order valence-electron chi connectivity index (χ1n) is 9.07. The lowest BCUT2D eigenvalue weighted by molar-refractivity contribution is 0.0505. The quantitative estimate of drug-likeness (QED) is 0.734. The molecule has 0 spiro atoms. The molecule has 0 aliphatic carbocycles. The van der Waals surface area contributed by atoms with Crippen molar-refractivity contribution in [1.29, 1.82) is 5.26 Å². The minimum Gasteiger partial charge on any atom is -0.444 e. The molecule has 1 unspecified atom stereocenters. The van der Waals surface area contributed by atoms with E-state index in [-0.39, 0.29) is 10.9 Å². The Morgan fingerprint density at radius 1 is 1.28 bits per heavy atom. The SMILES string of the molecule is CC(NC(=O)OC(C)(C)C)c1nc2cccc(C#N)c2c(=O)n1-c1cccnc1. The van der Waals surface area contributed by atoms with Crippen LogP contribution in [0.15, 0.2) is 47.5 Å². The highest BCUT2D eigenvalue weighted by Gasteiger charge is 2.23. The second kappa shape index (κ2) is 7.72. The Labute approximate surface area is 167 Å². The molecule has 3 aromatic rings. The molecule has 8 nitrogen and oxygen atoms in total. The van der Waals surface area contributed by atoms with Crippen molar-refractivity contribution in [2.75, 3.05) is 0 Å². The summed E-state index contributed by atoms with van der Waals surface area (Å²) in [5.74, 6) is 0.302. The molecule has 148 valence electrons. The molecule has 0 saturated carbocycles. The van der Waals surface area contributed by atoms with E-state index in [2.05, 4.69) is 15.3 Å². The molecule has 8 heteroatoms. The lowest BCUT2D eigenvalue weighted by atomic mass is 10.1. The van der Waals surface area contributed by atoms with Crippen LogP contribution in [0.2, 0.25) is 0 Å². The zero-order chi connectivity index (χ0) is 21.2. The smallest absolute Gasteiger partial charge is 0.408 e. The summed E-state index contributed by atoms with van der Waals surface area (Å²) in [7, 11) is 0. The molecule has 2 aromatic heterocycles. The number of carbonyl (C=O) groups is 1. The van der Waals surface area contributed by atoms with Gasteiger partial charge >= 0.3 is 6.09 Å². The van der Waals surface area contributed by atoms with Crippen LogP contribution in [-0.4, -0.2) is 26.2 Å². The van der Waals surface area contributed by atoms with Gasteiger partial charge in [0.15, 0.2) is 0 Å². The molecule has 0 aliphatic rings. The second-order valence-electron chi connectivity index (χ2n) is 7.50. The number of aromatic nitrogens is 3. The highest BCUT2D eigenvalue weighted by Crippen LogP contribution is 2.20. The summed E-state index contributed by atoms with van der Waals surface area (Å²) in [6.07, 6.45) is 2.49. The van der Waals surface area contributed by atoms with Crippen LogP contribution in [0.5, 0.6) is 0 Å². The lowest BCUT2D eigenvalue weighted by Crippen LogP contribution is -2.37. The number of nitriles is 1. The lowest BCUT2D eigenvalue weighted by Gasteiger charge is -2.23. The van der Waals surface area contributed by atoms with Gasteiger partial charge in [0.2, 0.25) is 0 Å². The van der Waals surface area contributed by atoms with Gasteiger partial charge < -0.3 is 10.1 Å². The fourth-order valence-electron chi connectivity index (χ4n) is 2.92. The molecule has 0 saturated heterocycles. The summed E-state index contributed by atoms with van der Waals surface area (Å²) in [6, 6.07) is 9.69. The van der Waals surface area contributed by atoms with Crippen molar-refractivity contribution in [2.45, 2.75) is 39.3 Å². The zero-order valence-electron chi connectivity index (χ0n) is 16.6. The third-order valence-electron chi connectivity index (χ3n) is 4.07. The highest BCUT2D eigenvalue weighted by molar-refractivity contribution is 5.84. The largest absolute Gasteiger partial charge is 0.444 e. The number of amides is 1. The summed E-state index contributed by atoms with van der Waals surface area (Å²) in [6.45, 7) is 7.00. The number of rotatable bonds is 3. The Morgan fingerprint density at radius 2 is 2.03 bits per heavy atom. The molecule has 29 heavy (non-hydrogen) atoms. The number of benzene rings is 1. The van der Waals surface area contributed by atoms with Gasteiger partial charge in [0.05, 0.1) is 34.4 Å². The Morgan fingerprint density at radius 3 is 2.66 bits per heavy atom. The summed E-state index contributed by atoms with van der Waals surface area (Å²) in [5, 5.41) is 12.3. The number of alkyl carbamates (subject to hydrolysis) is 1. The number of hydrogen-bond acceptors (Lipinski definition) is 6. The Kier molecular flexibility index (Phi) is 5.33. The molecule has 1 aromatic carbocycles. The molecule has 1 N–H and O–H groups in total. The monoisotopic (exact) mass is 391 g/mol. The van der Waals surface area contributed by atoms with E-state index in [1.165, 1.54) is 10.8 Å². The molecule has 0 bridgehead atoms. The van der Waals surface area contributed by atoms with Crippen molar-refractivity contribution in [3.63, 3.8) is 0 Å². The van der Waals surface area contributed by atoms with E-state index in [4.69, 9.17) is 4.74 Å². The first-order chi connectivity index (χ1) is 13.7. The fraction of sp³-hybridized carbons (Fsp3) is 0.286. The van der Waals surface area contributed by atoms with Gasteiger partial charge in [0.1, 0.15) is 17.5 Å². The number of ether oxygens (including phenoxy) is 1. The first-order valence-corrected chi connectivity index (χ1v) is 9.07. The number of fused-ring (bicyclic) bond motifs is 1. The predicted octanol–water partition coefficient (Wildman–Crippen LogP) is 3.24. The number of nitrogens with zero attached hydrogens (tertiary/aromatic N) is 4. The van der Waals surface area contributed by atoms with E-state index >= 15 is 0 Å². The normalized spacial score (nSPS) is 12.2. The maximum Gasteiger partial charge on any atom is 0.408 e. The van der Waals surface area contributed by atoms with Gasteiger partial charge in [-0.1, -0.05) is 6.07 Å². The van der Waals surface area contributed by atoms with E-state index in [1.807, 2.05) is 6.07 Å². The fourth-order valence-corrected chi connectivity index (χ4v) is 2.92.